The Balaban J connectivity index is 0. The van der Waals surface area contributed by atoms with Crippen LogP contribution in [0.1, 0.15) is 20.8 Å². The Bertz CT molecular complexity index is 110. The lowest BCUT2D eigenvalue weighted by atomic mass is 10.2. The molecule has 0 aliphatic carbocycles. The summed E-state index contributed by atoms with van der Waals surface area (Å²) in [4.78, 5) is 0. The van der Waals surface area contributed by atoms with Gasteiger partial charge >= 0.3 is 0 Å². The van der Waals surface area contributed by atoms with Gasteiger partial charge in [-0.3, -0.25) is 0 Å². The molecule has 82 valence electrons. The average molecular weight is 212 g/mol. The largest absolute Gasteiger partial charge is 1.00 e. The van der Waals surface area contributed by atoms with E-state index < -0.39 is 6.10 Å². The fourth-order valence-corrected chi connectivity index (χ4v) is 1.56. The van der Waals surface area contributed by atoms with Gasteiger partial charge in [0.25, 0.3) is 0 Å². The molecule has 0 aromatic carbocycles. The number of hydrogen-bond donors (Lipinski definition) is 2. The summed E-state index contributed by atoms with van der Waals surface area (Å²) in [7, 11) is 0. The Kier molecular flexibility index (Phi) is 9.09. The Labute approximate surface area is 87.4 Å². The third-order valence-electron chi connectivity index (χ3n) is 2.82. The van der Waals surface area contributed by atoms with Crippen molar-refractivity contribution in [3.8, 4) is 0 Å². The first-order chi connectivity index (χ1) is 5.64. The maximum atomic E-state index is 9.32. The first kappa shape index (κ1) is 15.6. The number of aliphatic hydroxyl groups excluding tert-OH is 2. The monoisotopic (exact) mass is 211 g/mol. The number of nitrogens with zero attached hydrogens (tertiary/aromatic N) is 1. The summed E-state index contributed by atoms with van der Waals surface area (Å²) in [5.41, 5.74) is 0. The first-order valence-corrected chi connectivity index (χ1v) is 4.78. The lowest BCUT2D eigenvalue weighted by Crippen LogP contribution is -3.00. The summed E-state index contributed by atoms with van der Waals surface area (Å²) >= 11 is 0. The van der Waals surface area contributed by atoms with Crippen LogP contribution in [0.15, 0.2) is 0 Å². The molecule has 0 fully saturated rings. The van der Waals surface area contributed by atoms with Gasteiger partial charge in [0, 0.05) is 0 Å². The van der Waals surface area contributed by atoms with E-state index in [9.17, 15) is 5.11 Å². The van der Waals surface area contributed by atoms with E-state index >= 15 is 0 Å². The predicted octanol–water partition coefficient (Wildman–Crippen LogP) is -2.78. The third kappa shape index (κ3) is 4.81. The van der Waals surface area contributed by atoms with E-state index in [4.69, 9.17) is 5.11 Å². The van der Waals surface area contributed by atoms with Crippen molar-refractivity contribution in [1.82, 2.24) is 0 Å². The molecule has 3 nitrogen and oxygen atoms in total. The van der Waals surface area contributed by atoms with Crippen molar-refractivity contribution >= 4 is 0 Å². The molecule has 0 bridgehead atoms. The maximum absolute atomic E-state index is 9.32. The Morgan fingerprint density at radius 2 is 1.46 bits per heavy atom. The SMILES string of the molecule is CC[N+](CC)(CC)CC(O)CO.[Cl-]. The smallest absolute Gasteiger partial charge is 0.126 e. The van der Waals surface area contributed by atoms with Crippen molar-refractivity contribution in [3.63, 3.8) is 0 Å². The summed E-state index contributed by atoms with van der Waals surface area (Å²) in [5, 5.41) is 18.0. The fourth-order valence-electron chi connectivity index (χ4n) is 1.56. The molecular weight excluding hydrogens is 190 g/mol. The summed E-state index contributed by atoms with van der Waals surface area (Å²) in [6.07, 6.45) is -0.565. The topological polar surface area (TPSA) is 40.5 Å². The van der Waals surface area contributed by atoms with Crippen LogP contribution in [0.4, 0.5) is 0 Å². The van der Waals surface area contributed by atoms with Crippen molar-refractivity contribution in [3.05, 3.63) is 0 Å². The highest BCUT2D eigenvalue weighted by Crippen LogP contribution is 2.06. The van der Waals surface area contributed by atoms with Crippen LogP contribution < -0.4 is 12.4 Å². The molecule has 1 unspecified atom stereocenters. The third-order valence-corrected chi connectivity index (χ3v) is 2.82. The minimum absolute atomic E-state index is 0. The van der Waals surface area contributed by atoms with Gasteiger partial charge in [0.15, 0.2) is 0 Å². The van der Waals surface area contributed by atoms with Crippen molar-refractivity contribution < 1.29 is 27.1 Å². The molecule has 0 saturated heterocycles. The zero-order valence-corrected chi connectivity index (χ0v) is 9.59. The second kappa shape index (κ2) is 7.56. The number of hydrogen-bond acceptors (Lipinski definition) is 2. The Morgan fingerprint density at radius 3 is 1.69 bits per heavy atom. The van der Waals surface area contributed by atoms with Gasteiger partial charge in [-0.15, -0.1) is 0 Å². The van der Waals surface area contributed by atoms with Gasteiger partial charge in [0.1, 0.15) is 12.6 Å². The van der Waals surface area contributed by atoms with Crippen molar-refractivity contribution in [2.45, 2.75) is 26.9 Å². The lowest BCUT2D eigenvalue weighted by molar-refractivity contribution is -0.926. The summed E-state index contributed by atoms with van der Waals surface area (Å²) in [5.74, 6) is 0. The Morgan fingerprint density at radius 1 is 1.08 bits per heavy atom. The summed E-state index contributed by atoms with van der Waals surface area (Å²) in [6, 6.07) is 0. The van der Waals surface area contributed by atoms with Crippen LogP contribution >= 0.6 is 0 Å². The van der Waals surface area contributed by atoms with Gasteiger partial charge < -0.3 is 27.1 Å². The van der Waals surface area contributed by atoms with Gasteiger partial charge in [-0.25, -0.2) is 0 Å². The van der Waals surface area contributed by atoms with Crippen molar-refractivity contribution in [1.29, 1.82) is 0 Å². The highest BCUT2D eigenvalue weighted by molar-refractivity contribution is 4.51. The second-order valence-corrected chi connectivity index (χ2v) is 3.31. The number of quaternary nitrogens is 1. The van der Waals surface area contributed by atoms with Crippen LogP contribution in [-0.2, 0) is 0 Å². The normalized spacial score (nSPS) is 13.6. The first-order valence-electron chi connectivity index (χ1n) is 4.78. The van der Waals surface area contributed by atoms with E-state index in [-0.39, 0.29) is 19.0 Å². The van der Waals surface area contributed by atoms with Crippen LogP contribution in [0.3, 0.4) is 0 Å². The molecule has 0 aromatic heterocycles. The number of likely N-dealkylation sites (N-methyl/N-ethyl adjacent to an activating group) is 1. The van der Waals surface area contributed by atoms with E-state index in [0.29, 0.717) is 6.54 Å². The fraction of sp³-hybridized carbons (Fsp3) is 1.00. The number of aliphatic hydroxyl groups is 2. The lowest BCUT2D eigenvalue weighted by Gasteiger charge is -2.37. The van der Waals surface area contributed by atoms with Gasteiger partial charge in [-0.2, -0.15) is 0 Å². The van der Waals surface area contributed by atoms with Crippen LogP contribution in [0.25, 0.3) is 0 Å². The molecule has 1 atom stereocenters. The molecule has 0 amide bonds. The maximum Gasteiger partial charge on any atom is 0.126 e. The molecule has 0 rings (SSSR count). The zero-order valence-electron chi connectivity index (χ0n) is 8.83. The van der Waals surface area contributed by atoms with E-state index in [1.54, 1.807) is 0 Å². The molecule has 0 radical (unpaired) electrons. The van der Waals surface area contributed by atoms with E-state index in [2.05, 4.69) is 20.8 Å². The number of halogens is 1. The average Bonchev–Trinajstić information content (AvgIpc) is 2.14. The van der Waals surface area contributed by atoms with Crippen LogP contribution in [0, 0.1) is 0 Å². The highest BCUT2D eigenvalue weighted by atomic mass is 35.5. The molecule has 4 heteroatoms. The standard InChI is InChI=1S/C9H22NO2.ClH/c1-4-10(5-2,6-3)7-9(12)8-11;/h9,11-12H,4-8H2,1-3H3;1H/q+1;/p-1. The Hall–Kier alpha value is 0.170. The van der Waals surface area contributed by atoms with Gasteiger partial charge in [0.05, 0.1) is 26.2 Å². The van der Waals surface area contributed by atoms with Crippen LogP contribution in [-0.4, -0.2) is 53.6 Å². The van der Waals surface area contributed by atoms with E-state index in [1.807, 2.05) is 0 Å². The van der Waals surface area contributed by atoms with Gasteiger partial charge in [-0.05, 0) is 20.8 Å². The van der Waals surface area contributed by atoms with Crippen LogP contribution in [0.2, 0.25) is 0 Å². The van der Waals surface area contributed by atoms with E-state index in [0.717, 1.165) is 24.1 Å². The predicted molar refractivity (Wildman–Crippen MR) is 49.8 cm³/mol. The summed E-state index contributed by atoms with van der Waals surface area (Å²) in [6.45, 7) is 9.96. The van der Waals surface area contributed by atoms with Crippen LogP contribution in [0.5, 0.6) is 0 Å². The van der Waals surface area contributed by atoms with Crippen molar-refractivity contribution in [2.75, 3.05) is 32.8 Å². The molecule has 13 heavy (non-hydrogen) atoms. The van der Waals surface area contributed by atoms with Crippen molar-refractivity contribution in [2.24, 2.45) is 0 Å². The van der Waals surface area contributed by atoms with Gasteiger partial charge in [0.2, 0.25) is 0 Å². The minimum Gasteiger partial charge on any atom is -1.00 e. The van der Waals surface area contributed by atoms with Gasteiger partial charge in [-0.1, -0.05) is 0 Å². The van der Waals surface area contributed by atoms with E-state index in [1.165, 1.54) is 0 Å². The molecule has 0 aliphatic rings. The molecule has 0 heterocycles. The molecule has 0 aromatic rings. The number of rotatable bonds is 6. The molecule has 0 aliphatic heterocycles. The quantitative estimate of drug-likeness (QED) is 0.467. The summed E-state index contributed by atoms with van der Waals surface area (Å²) < 4.78 is 0.891. The zero-order chi connectivity index (χ0) is 9.61. The molecule has 0 spiro atoms. The molecule has 2 N–H and O–H groups in total. The molecular formula is C9H22ClNO2. The molecule has 0 saturated carbocycles. The minimum atomic E-state index is -0.565. The second-order valence-electron chi connectivity index (χ2n) is 3.31. The highest BCUT2D eigenvalue weighted by Gasteiger charge is 2.24.